The van der Waals surface area contributed by atoms with Crippen LogP contribution in [0.25, 0.3) is 5.76 Å². The number of aliphatic hydroxyl groups excluding tert-OH is 2. The molecule has 11 heteroatoms. The van der Waals surface area contributed by atoms with Crippen LogP contribution in [-0.4, -0.2) is 57.1 Å². The molecule has 0 spiro atoms. The van der Waals surface area contributed by atoms with E-state index in [0.717, 1.165) is 0 Å². The average molecular weight is 527 g/mol. The maximum absolute atomic E-state index is 13.7. The minimum atomic E-state index is -2.65. The summed E-state index contributed by atoms with van der Waals surface area (Å²) < 4.78 is 5.33. The van der Waals surface area contributed by atoms with Gasteiger partial charge in [-0.1, -0.05) is 11.6 Å². The van der Waals surface area contributed by atoms with Gasteiger partial charge in [0.15, 0.2) is 11.4 Å². The fourth-order valence-electron chi connectivity index (χ4n) is 5.22. The van der Waals surface area contributed by atoms with Gasteiger partial charge in [-0.05, 0) is 57.2 Å². The molecule has 0 aromatic heterocycles. The normalized spacial score (nSPS) is 28.0. The predicted octanol–water partition coefficient (Wildman–Crippen LogP) is 2.17. The molecule has 4 atom stereocenters. The molecule has 4 unspecified atom stereocenters. The highest BCUT2D eigenvalue weighted by molar-refractivity contribution is 6.32. The number of benzene rings is 1. The average Bonchev–Trinajstić information content (AvgIpc) is 2.74. The van der Waals surface area contributed by atoms with Gasteiger partial charge in [-0.3, -0.25) is 14.4 Å². The number of hydrogen-bond acceptors (Lipinski definition) is 8. The molecule has 0 saturated heterocycles. The van der Waals surface area contributed by atoms with Gasteiger partial charge in [-0.15, -0.1) is 12.4 Å². The van der Waals surface area contributed by atoms with Crippen molar-refractivity contribution in [1.29, 1.82) is 0 Å². The molecule has 35 heavy (non-hydrogen) atoms. The van der Waals surface area contributed by atoms with Crippen molar-refractivity contribution in [1.82, 2.24) is 5.32 Å². The third-order valence-corrected chi connectivity index (χ3v) is 7.10. The molecule has 0 bridgehead atoms. The van der Waals surface area contributed by atoms with Crippen molar-refractivity contribution in [2.45, 2.75) is 50.8 Å². The number of aliphatic hydroxyl groups is 3. The van der Waals surface area contributed by atoms with Crippen molar-refractivity contribution in [3.05, 3.63) is 45.2 Å². The first-order chi connectivity index (χ1) is 15.7. The van der Waals surface area contributed by atoms with Gasteiger partial charge in [0.25, 0.3) is 5.91 Å². The number of halogens is 2. The molecule has 1 amide bonds. The minimum Gasteiger partial charge on any atom is -0.508 e. The predicted molar refractivity (Wildman–Crippen MR) is 131 cm³/mol. The third-order valence-electron chi connectivity index (χ3n) is 6.75. The van der Waals surface area contributed by atoms with E-state index in [0.29, 0.717) is 10.6 Å². The smallest absolute Gasteiger partial charge is 0.258 e. The minimum absolute atomic E-state index is 0. The van der Waals surface area contributed by atoms with Crippen molar-refractivity contribution in [2.75, 3.05) is 7.11 Å². The molecule has 0 radical (unpaired) electrons. The Morgan fingerprint density at radius 2 is 1.89 bits per heavy atom. The second-order valence-electron chi connectivity index (χ2n) is 10.0. The molecule has 0 heterocycles. The number of amides is 1. The number of Topliss-reactive ketones (excluding diaryl/α,β-unsaturated/α-hetero) is 2. The zero-order valence-electron chi connectivity index (χ0n) is 19.6. The summed E-state index contributed by atoms with van der Waals surface area (Å²) >= 11 is 6.36. The van der Waals surface area contributed by atoms with Crippen LogP contribution in [0.5, 0.6) is 5.75 Å². The lowest BCUT2D eigenvalue weighted by atomic mass is 9.58. The fourth-order valence-corrected chi connectivity index (χ4v) is 5.46. The lowest BCUT2D eigenvalue weighted by Gasteiger charge is -2.48. The molecule has 190 valence electrons. The zero-order chi connectivity index (χ0) is 25.3. The van der Waals surface area contributed by atoms with Crippen LogP contribution in [0.2, 0.25) is 5.02 Å². The van der Waals surface area contributed by atoms with Crippen LogP contribution in [-0.2, 0) is 20.8 Å². The summed E-state index contributed by atoms with van der Waals surface area (Å²) in [5.74, 6) is -5.86. The topological polar surface area (TPSA) is 159 Å². The van der Waals surface area contributed by atoms with Gasteiger partial charge in [0.05, 0.1) is 18.7 Å². The molecule has 6 N–H and O–H groups in total. The van der Waals surface area contributed by atoms with E-state index in [-0.39, 0.29) is 42.1 Å². The quantitative estimate of drug-likeness (QED) is 0.366. The molecular formula is C24H28Cl2N2O7. The molecule has 3 aliphatic rings. The largest absolute Gasteiger partial charge is 0.508 e. The van der Waals surface area contributed by atoms with Gasteiger partial charge in [0.2, 0.25) is 5.78 Å². The van der Waals surface area contributed by atoms with Gasteiger partial charge in [0.1, 0.15) is 22.8 Å². The van der Waals surface area contributed by atoms with Crippen molar-refractivity contribution < 1.29 is 34.4 Å². The maximum atomic E-state index is 13.7. The number of carbonyl (C=O) groups is 3. The van der Waals surface area contributed by atoms with Crippen molar-refractivity contribution in [2.24, 2.45) is 17.6 Å². The van der Waals surface area contributed by atoms with Gasteiger partial charge in [-0.2, -0.15) is 0 Å². The van der Waals surface area contributed by atoms with Crippen LogP contribution < -0.4 is 15.8 Å². The van der Waals surface area contributed by atoms with E-state index in [9.17, 15) is 29.7 Å². The standard InChI is InChI=1S/C24H27ClN2O7.ClH/c1-23(2,3)27-22(32)16-19(29)17(26)11-8-9-7-10-12(25)5-6-13(34-4)15(10)18(28)14(9)20(30)24(11,33)21(16)31;/h5-6,9,11,17,28,31,33H,7-8,26H2,1-4H3,(H,27,32);1H. The summed E-state index contributed by atoms with van der Waals surface area (Å²) in [5, 5.41) is 36.6. The van der Waals surface area contributed by atoms with Crippen LogP contribution >= 0.6 is 24.0 Å². The number of methoxy groups -OCH3 is 1. The zero-order valence-corrected chi connectivity index (χ0v) is 21.2. The van der Waals surface area contributed by atoms with Gasteiger partial charge in [-0.25, -0.2) is 0 Å². The number of nitrogens with one attached hydrogen (secondary N) is 1. The van der Waals surface area contributed by atoms with E-state index >= 15 is 0 Å². The molecule has 0 aliphatic heterocycles. The van der Waals surface area contributed by atoms with E-state index in [1.54, 1.807) is 32.9 Å². The van der Waals surface area contributed by atoms with Gasteiger partial charge in [0, 0.05) is 22.1 Å². The highest BCUT2D eigenvalue weighted by Gasteiger charge is 2.63. The number of carbonyl (C=O) groups excluding carboxylic acids is 3. The fraction of sp³-hybridized carbons (Fsp3) is 0.458. The Morgan fingerprint density at radius 1 is 1.26 bits per heavy atom. The summed E-state index contributed by atoms with van der Waals surface area (Å²) in [7, 11) is 1.40. The van der Waals surface area contributed by atoms with E-state index in [1.165, 1.54) is 7.11 Å². The first kappa shape index (κ1) is 27.0. The van der Waals surface area contributed by atoms with Crippen LogP contribution in [0.3, 0.4) is 0 Å². The van der Waals surface area contributed by atoms with Crippen LogP contribution in [0.15, 0.2) is 29.0 Å². The number of nitrogens with two attached hydrogens (primary N) is 1. The summed E-state index contributed by atoms with van der Waals surface area (Å²) in [6.45, 7) is 5.01. The van der Waals surface area contributed by atoms with Crippen LogP contribution in [0, 0.1) is 11.8 Å². The van der Waals surface area contributed by atoms with E-state index < -0.39 is 63.6 Å². The second kappa shape index (κ2) is 8.81. The number of fused-ring (bicyclic) bond motifs is 3. The van der Waals surface area contributed by atoms with Crippen LogP contribution in [0.1, 0.15) is 38.3 Å². The maximum Gasteiger partial charge on any atom is 0.258 e. The summed E-state index contributed by atoms with van der Waals surface area (Å²) in [5.41, 5.74) is 2.63. The monoisotopic (exact) mass is 526 g/mol. The van der Waals surface area contributed by atoms with Gasteiger partial charge < -0.3 is 31.1 Å². The Balaban J connectivity index is 0.00000342. The second-order valence-corrected chi connectivity index (χ2v) is 10.4. The SMILES string of the molecule is COc1ccc(Cl)c2c1C(O)=C1C(=O)C3(O)C(O)=C(C(=O)NC(C)(C)C)C(=O)C(N)C3CC1C2.Cl. The molecule has 9 nitrogen and oxygen atoms in total. The Kier molecular flexibility index (Phi) is 6.80. The lowest BCUT2D eigenvalue weighted by Crippen LogP contribution is -2.65. The third kappa shape index (κ3) is 3.91. The lowest BCUT2D eigenvalue weighted by molar-refractivity contribution is -0.149. The first-order valence-corrected chi connectivity index (χ1v) is 11.2. The molecule has 3 aliphatic carbocycles. The van der Waals surface area contributed by atoms with Crippen molar-refractivity contribution in [3.8, 4) is 5.75 Å². The highest BCUT2D eigenvalue weighted by Crippen LogP contribution is 2.52. The Labute approximate surface area is 213 Å². The summed E-state index contributed by atoms with van der Waals surface area (Å²) in [6, 6.07) is 1.74. The highest BCUT2D eigenvalue weighted by atomic mass is 35.5. The molecular weight excluding hydrogens is 499 g/mol. The van der Waals surface area contributed by atoms with E-state index in [2.05, 4.69) is 5.32 Å². The van der Waals surface area contributed by atoms with Crippen molar-refractivity contribution in [3.63, 3.8) is 0 Å². The number of ketones is 2. The summed E-state index contributed by atoms with van der Waals surface area (Å²) in [4.78, 5) is 39.5. The Hall–Kier alpha value is -2.59. The number of ether oxygens (including phenoxy) is 1. The van der Waals surface area contributed by atoms with Crippen LogP contribution in [0.4, 0.5) is 0 Å². The molecule has 4 rings (SSSR count). The van der Waals surface area contributed by atoms with E-state index in [4.69, 9.17) is 22.1 Å². The van der Waals surface area contributed by atoms with Gasteiger partial charge >= 0.3 is 0 Å². The van der Waals surface area contributed by atoms with E-state index in [1.807, 2.05) is 0 Å². The Bertz CT molecular complexity index is 1200. The number of rotatable bonds is 2. The first-order valence-electron chi connectivity index (χ1n) is 10.9. The molecule has 1 aromatic rings. The molecule has 1 fully saturated rings. The summed E-state index contributed by atoms with van der Waals surface area (Å²) in [6.07, 6.45) is 0.228. The number of hydrogen-bond donors (Lipinski definition) is 5. The molecule has 1 aromatic carbocycles. The Morgan fingerprint density at radius 3 is 2.46 bits per heavy atom. The molecule has 1 saturated carbocycles. The van der Waals surface area contributed by atoms with Crippen molar-refractivity contribution >= 4 is 47.2 Å².